The minimum Gasteiger partial charge on any atom is -0.497 e. The van der Waals surface area contributed by atoms with Gasteiger partial charge in [-0.3, -0.25) is 14.7 Å². The van der Waals surface area contributed by atoms with Gasteiger partial charge < -0.3 is 10.1 Å². The zero-order chi connectivity index (χ0) is 23.8. The van der Waals surface area contributed by atoms with Crippen LogP contribution >= 0.6 is 0 Å². The summed E-state index contributed by atoms with van der Waals surface area (Å²) in [5.74, 6) is 0.586. The van der Waals surface area contributed by atoms with Crippen molar-refractivity contribution in [3.63, 3.8) is 0 Å². The van der Waals surface area contributed by atoms with Gasteiger partial charge in [-0.2, -0.15) is 13.2 Å². The van der Waals surface area contributed by atoms with Crippen molar-refractivity contribution in [3.05, 3.63) is 70.9 Å². The molecule has 0 aromatic heterocycles. The number of nitrogens with one attached hydrogen (secondary N) is 1. The molecular weight excluding hydrogens is 431 g/mol. The summed E-state index contributed by atoms with van der Waals surface area (Å²) in [5.41, 5.74) is 2.03. The number of amides is 1. The Morgan fingerprint density at radius 3 is 2.55 bits per heavy atom. The summed E-state index contributed by atoms with van der Waals surface area (Å²) in [5, 5.41) is 3.38. The van der Waals surface area contributed by atoms with Gasteiger partial charge in [0.1, 0.15) is 11.5 Å². The summed E-state index contributed by atoms with van der Waals surface area (Å²) in [4.78, 5) is 19.7. The highest BCUT2D eigenvalue weighted by atomic mass is 19.4. The number of allylic oxidation sites excluding steroid dienone is 1. The third-order valence-electron chi connectivity index (χ3n) is 5.75. The molecule has 0 bridgehead atoms. The number of alkyl halides is 3. The number of methoxy groups -OCH3 is 1. The summed E-state index contributed by atoms with van der Waals surface area (Å²) in [6.45, 7) is 5.11. The highest BCUT2D eigenvalue weighted by Crippen LogP contribution is 2.43. The third-order valence-corrected chi connectivity index (χ3v) is 5.75. The lowest BCUT2D eigenvalue weighted by atomic mass is 9.92. The van der Waals surface area contributed by atoms with Crippen molar-refractivity contribution < 1.29 is 22.7 Å². The maximum atomic E-state index is 13.6. The maximum absolute atomic E-state index is 13.6. The normalized spacial score (nSPS) is 18.8. The van der Waals surface area contributed by atoms with Crippen LogP contribution in [0.1, 0.15) is 37.4 Å². The minimum absolute atomic E-state index is 0.284. The molecule has 1 unspecified atom stereocenters. The van der Waals surface area contributed by atoms with E-state index in [9.17, 15) is 18.0 Å². The van der Waals surface area contributed by atoms with Crippen LogP contribution in [0, 0.1) is 5.92 Å². The number of hydrogen-bond acceptors (Lipinski definition) is 4. The van der Waals surface area contributed by atoms with Gasteiger partial charge in [-0.25, -0.2) is 0 Å². The number of fused-ring (bicyclic) bond motifs is 1. The Labute approximate surface area is 191 Å². The van der Waals surface area contributed by atoms with Crippen LogP contribution in [0.3, 0.4) is 0 Å². The minimum atomic E-state index is -4.49. The average molecular weight is 457 g/mol. The first-order valence-electron chi connectivity index (χ1n) is 10.9. The standard InChI is InChI=1S/C25H26F3N3O2/c1-15(2)13-20-21-22(30-12-11-29-20)24(32)31(18-7-9-19(33-3)10-8-18)23(21)16-5-4-6-17(14-16)25(26,27)28/h4-10,14-15,23,29H,11-13H2,1-3H3. The molecule has 1 atom stereocenters. The summed E-state index contributed by atoms with van der Waals surface area (Å²) in [6.07, 6.45) is -3.83. The molecule has 33 heavy (non-hydrogen) atoms. The fourth-order valence-electron chi connectivity index (χ4n) is 4.34. The molecule has 0 aliphatic carbocycles. The van der Waals surface area contributed by atoms with E-state index in [0.29, 0.717) is 47.8 Å². The van der Waals surface area contributed by atoms with Crippen molar-refractivity contribution in [1.29, 1.82) is 0 Å². The van der Waals surface area contributed by atoms with Gasteiger partial charge in [-0.05, 0) is 54.3 Å². The Balaban J connectivity index is 1.94. The predicted molar refractivity (Wildman–Crippen MR) is 121 cm³/mol. The Hall–Kier alpha value is -3.29. The van der Waals surface area contributed by atoms with Gasteiger partial charge in [-0.15, -0.1) is 0 Å². The second kappa shape index (κ2) is 8.92. The Bertz CT molecular complexity index is 1100. The predicted octanol–water partition coefficient (Wildman–Crippen LogP) is 5.15. The van der Waals surface area contributed by atoms with E-state index in [-0.39, 0.29) is 11.8 Å². The van der Waals surface area contributed by atoms with Crippen molar-refractivity contribution in [2.24, 2.45) is 10.9 Å². The van der Waals surface area contributed by atoms with Crippen LogP contribution in [0.2, 0.25) is 0 Å². The molecule has 8 heteroatoms. The lowest BCUT2D eigenvalue weighted by Gasteiger charge is -2.27. The number of nitrogens with zero attached hydrogens (tertiary/aromatic N) is 2. The van der Waals surface area contributed by atoms with Crippen molar-refractivity contribution in [2.45, 2.75) is 32.5 Å². The van der Waals surface area contributed by atoms with Gasteiger partial charge in [0.2, 0.25) is 0 Å². The van der Waals surface area contributed by atoms with Gasteiger partial charge >= 0.3 is 6.18 Å². The van der Waals surface area contributed by atoms with Crippen LogP contribution in [-0.4, -0.2) is 31.8 Å². The van der Waals surface area contributed by atoms with Crippen molar-refractivity contribution in [1.82, 2.24) is 5.32 Å². The molecule has 1 saturated heterocycles. The molecule has 2 aromatic rings. The second-order valence-corrected chi connectivity index (χ2v) is 8.55. The number of aliphatic imine (C=N–C) groups is 1. The number of carbonyl (C=O) groups excluding carboxylic acids is 1. The molecule has 0 saturated carbocycles. The highest BCUT2D eigenvalue weighted by molar-refractivity contribution is 6.53. The first-order valence-corrected chi connectivity index (χ1v) is 10.9. The molecule has 2 heterocycles. The molecule has 0 spiro atoms. The zero-order valence-corrected chi connectivity index (χ0v) is 18.7. The smallest absolute Gasteiger partial charge is 0.416 e. The summed E-state index contributed by atoms with van der Waals surface area (Å²) in [7, 11) is 1.54. The Morgan fingerprint density at radius 1 is 1.18 bits per heavy atom. The topological polar surface area (TPSA) is 53.9 Å². The Morgan fingerprint density at radius 2 is 1.91 bits per heavy atom. The fourth-order valence-corrected chi connectivity index (χ4v) is 4.34. The fraction of sp³-hybridized carbons (Fsp3) is 0.360. The van der Waals surface area contributed by atoms with Crippen LogP contribution < -0.4 is 15.0 Å². The molecule has 2 aromatic carbocycles. The first kappa shape index (κ1) is 22.9. The number of carbonyl (C=O) groups is 1. The summed E-state index contributed by atoms with van der Waals surface area (Å²) < 4.78 is 45.8. The number of hydrogen-bond donors (Lipinski definition) is 1. The monoisotopic (exact) mass is 457 g/mol. The van der Waals surface area contributed by atoms with Crippen LogP contribution in [0.4, 0.5) is 18.9 Å². The lowest BCUT2D eigenvalue weighted by Crippen LogP contribution is -2.30. The number of ether oxygens (including phenoxy) is 1. The van der Waals surface area contributed by atoms with Crippen LogP contribution in [0.15, 0.2) is 64.8 Å². The third kappa shape index (κ3) is 4.47. The van der Waals surface area contributed by atoms with E-state index in [1.54, 1.807) is 37.4 Å². The maximum Gasteiger partial charge on any atom is 0.416 e. The number of benzene rings is 2. The van der Waals surface area contributed by atoms with Gasteiger partial charge in [0.15, 0.2) is 0 Å². The number of halogens is 3. The Kier molecular flexibility index (Phi) is 6.19. The molecule has 1 amide bonds. The molecule has 4 rings (SSSR count). The second-order valence-electron chi connectivity index (χ2n) is 8.55. The molecule has 0 radical (unpaired) electrons. The van der Waals surface area contributed by atoms with E-state index in [4.69, 9.17) is 4.74 Å². The van der Waals surface area contributed by atoms with Gasteiger partial charge in [0.25, 0.3) is 5.91 Å². The van der Waals surface area contributed by atoms with E-state index in [0.717, 1.165) is 17.8 Å². The van der Waals surface area contributed by atoms with Crippen molar-refractivity contribution in [2.75, 3.05) is 25.1 Å². The SMILES string of the molecule is COc1ccc(N2C(=O)C3=NCCNC(CC(C)C)=C3C2c2cccc(C(F)(F)F)c2)cc1. The quantitative estimate of drug-likeness (QED) is 0.676. The van der Waals surface area contributed by atoms with E-state index >= 15 is 0 Å². The molecule has 174 valence electrons. The van der Waals surface area contributed by atoms with Crippen LogP contribution in [0.5, 0.6) is 5.75 Å². The summed E-state index contributed by atoms with van der Waals surface area (Å²) in [6, 6.07) is 11.4. The molecule has 5 nitrogen and oxygen atoms in total. The number of anilines is 1. The van der Waals surface area contributed by atoms with Crippen LogP contribution in [0.25, 0.3) is 0 Å². The summed E-state index contributed by atoms with van der Waals surface area (Å²) >= 11 is 0. The largest absolute Gasteiger partial charge is 0.497 e. The van der Waals surface area contributed by atoms with Crippen LogP contribution in [-0.2, 0) is 11.0 Å². The molecule has 1 N–H and O–H groups in total. The molecule has 1 fully saturated rings. The molecule has 2 aliphatic rings. The molecule has 2 aliphatic heterocycles. The van der Waals surface area contributed by atoms with E-state index < -0.39 is 17.8 Å². The van der Waals surface area contributed by atoms with Crippen molar-refractivity contribution in [3.8, 4) is 5.75 Å². The van der Waals surface area contributed by atoms with Gasteiger partial charge in [0, 0.05) is 23.5 Å². The van der Waals surface area contributed by atoms with E-state index in [2.05, 4.69) is 24.2 Å². The lowest BCUT2D eigenvalue weighted by molar-refractivity contribution is -0.137. The molecular formula is C25H26F3N3O2. The highest BCUT2D eigenvalue weighted by Gasteiger charge is 2.45. The van der Waals surface area contributed by atoms with Gasteiger partial charge in [-0.1, -0.05) is 26.0 Å². The average Bonchev–Trinajstić information content (AvgIpc) is 2.92. The van der Waals surface area contributed by atoms with Crippen molar-refractivity contribution >= 4 is 17.3 Å². The zero-order valence-electron chi connectivity index (χ0n) is 18.7. The first-order chi connectivity index (χ1) is 15.7. The number of rotatable bonds is 5. The van der Waals surface area contributed by atoms with E-state index in [1.807, 2.05) is 0 Å². The van der Waals surface area contributed by atoms with E-state index in [1.165, 1.54) is 11.0 Å². The van der Waals surface area contributed by atoms with Gasteiger partial charge in [0.05, 0.1) is 25.3 Å².